The number of benzene rings is 1. The largest absolute Gasteiger partial charge is 0.465 e. The first-order valence-corrected chi connectivity index (χ1v) is 8.55. The maximum atomic E-state index is 11.0. The molecule has 2 aromatic heterocycles. The van der Waals surface area contributed by atoms with Crippen molar-refractivity contribution in [3.63, 3.8) is 0 Å². The normalized spacial score (nSPS) is 15.3. The van der Waals surface area contributed by atoms with E-state index in [1.807, 2.05) is 41.1 Å². The maximum Gasteiger partial charge on any atom is 0.407 e. The highest BCUT2D eigenvalue weighted by molar-refractivity contribution is 5.92. The maximum absolute atomic E-state index is 11.0. The minimum absolute atomic E-state index is 0.165. The summed E-state index contributed by atoms with van der Waals surface area (Å²) in [6.45, 7) is 1.04. The van der Waals surface area contributed by atoms with Gasteiger partial charge in [0, 0.05) is 42.6 Å². The lowest BCUT2D eigenvalue weighted by Crippen LogP contribution is -2.41. The molecule has 3 aromatic rings. The minimum atomic E-state index is -0.861. The van der Waals surface area contributed by atoms with Crippen LogP contribution in [0.25, 0.3) is 16.7 Å². The second-order valence-corrected chi connectivity index (χ2v) is 6.39. The highest BCUT2D eigenvalue weighted by Crippen LogP contribution is 2.24. The molecule has 3 heterocycles. The minimum Gasteiger partial charge on any atom is -0.465 e. The van der Waals surface area contributed by atoms with Gasteiger partial charge in [-0.2, -0.15) is 4.98 Å². The molecule has 0 bridgehead atoms. The molecule has 0 radical (unpaired) electrons. The molecular weight excluding hydrogens is 332 g/mol. The fourth-order valence-corrected chi connectivity index (χ4v) is 3.34. The summed E-state index contributed by atoms with van der Waals surface area (Å²) in [5, 5.41) is 13.3. The standard InChI is InChI=1S/C18H20N6O2/c19-14-2-1-3-15-13(14)7-11-24(15)16-4-8-20-17(22-16)21-12-5-9-23(10-6-12)18(25)26/h1-4,7-8,11-12H,5-6,9-10,19H2,(H,25,26)(H,20,21,22). The molecule has 1 aliphatic rings. The van der Waals surface area contributed by atoms with Crippen LogP contribution in [0.5, 0.6) is 0 Å². The first-order valence-electron chi connectivity index (χ1n) is 8.55. The SMILES string of the molecule is Nc1cccc2c1ccn2-c1ccnc(NC2CCN(C(=O)O)CC2)n1. The van der Waals surface area contributed by atoms with Crippen molar-refractivity contribution in [2.45, 2.75) is 18.9 Å². The van der Waals surface area contributed by atoms with E-state index in [1.54, 1.807) is 6.20 Å². The predicted molar refractivity (Wildman–Crippen MR) is 99.5 cm³/mol. The smallest absolute Gasteiger partial charge is 0.407 e. The van der Waals surface area contributed by atoms with Crippen LogP contribution < -0.4 is 11.1 Å². The van der Waals surface area contributed by atoms with Gasteiger partial charge < -0.3 is 25.6 Å². The summed E-state index contributed by atoms with van der Waals surface area (Å²) in [5.41, 5.74) is 7.75. The van der Waals surface area contributed by atoms with E-state index in [-0.39, 0.29) is 6.04 Å². The van der Waals surface area contributed by atoms with Gasteiger partial charge in [-0.1, -0.05) is 6.07 Å². The summed E-state index contributed by atoms with van der Waals surface area (Å²) in [4.78, 5) is 21.4. The lowest BCUT2D eigenvalue weighted by molar-refractivity contribution is 0.133. The first kappa shape index (κ1) is 16.2. The van der Waals surface area contributed by atoms with Crippen molar-refractivity contribution < 1.29 is 9.90 Å². The van der Waals surface area contributed by atoms with Crippen LogP contribution in [0, 0.1) is 0 Å². The Labute approximate surface area is 150 Å². The summed E-state index contributed by atoms with van der Waals surface area (Å²) in [7, 11) is 0. The zero-order valence-corrected chi connectivity index (χ0v) is 14.2. The van der Waals surface area contributed by atoms with Gasteiger partial charge in [-0.15, -0.1) is 0 Å². The fourth-order valence-electron chi connectivity index (χ4n) is 3.34. The third kappa shape index (κ3) is 3.01. The van der Waals surface area contributed by atoms with Crippen LogP contribution in [0.15, 0.2) is 42.7 Å². The number of carbonyl (C=O) groups is 1. The van der Waals surface area contributed by atoms with E-state index in [0.717, 1.165) is 35.2 Å². The quantitative estimate of drug-likeness (QED) is 0.625. The van der Waals surface area contributed by atoms with E-state index in [1.165, 1.54) is 4.90 Å². The van der Waals surface area contributed by atoms with Crippen LogP contribution in [-0.4, -0.2) is 49.8 Å². The van der Waals surface area contributed by atoms with Gasteiger partial charge in [0.05, 0.1) is 5.52 Å². The van der Waals surface area contributed by atoms with Crippen LogP contribution in [0.3, 0.4) is 0 Å². The third-order valence-corrected chi connectivity index (χ3v) is 4.75. The molecular formula is C18H20N6O2. The zero-order valence-electron chi connectivity index (χ0n) is 14.2. The number of piperidine rings is 1. The first-order chi connectivity index (χ1) is 12.6. The van der Waals surface area contributed by atoms with Gasteiger partial charge in [0.15, 0.2) is 0 Å². The molecule has 1 fully saturated rings. The van der Waals surface area contributed by atoms with Gasteiger partial charge in [-0.05, 0) is 37.1 Å². The number of nitrogens with zero attached hydrogens (tertiary/aromatic N) is 4. The molecule has 0 atom stereocenters. The summed E-state index contributed by atoms with van der Waals surface area (Å²) >= 11 is 0. The highest BCUT2D eigenvalue weighted by atomic mass is 16.4. The molecule has 26 heavy (non-hydrogen) atoms. The van der Waals surface area contributed by atoms with E-state index in [9.17, 15) is 4.79 Å². The van der Waals surface area contributed by atoms with Crippen molar-refractivity contribution in [1.29, 1.82) is 0 Å². The van der Waals surface area contributed by atoms with Gasteiger partial charge in [-0.3, -0.25) is 0 Å². The van der Waals surface area contributed by atoms with E-state index < -0.39 is 6.09 Å². The lowest BCUT2D eigenvalue weighted by Gasteiger charge is -2.30. The van der Waals surface area contributed by atoms with Crippen molar-refractivity contribution in [3.05, 3.63) is 42.7 Å². The van der Waals surface area contributed by atoms with E-state index >= 15 is 0 Å². The van der Waals surface area contributed by atoms with Crippen LogP contribution in [0.2, 0.25) is 0 Å². The zero-order chi connectivity index (χ0) is 18.1. The lowest BCUT2D eigenvalue weighted by atomic mass is 10.1. The average Bonchev–Trinajstić information content (AvgIpc) is 3.08. The molecule has 0 unspecified atom stereocenters. The monoisotopic (exact) mass is 352 g/mol. The van der Waals surface area contributed by atoms with Crippen LogP contribution in [0.1, 0.15) is 12.8 Å². The Morgan fingerprint density at radius 3 is 2.81 bits per heavy atom. The fraction of sp³-hybridized carbons (Fsp3) is 0.278. The number of aromatic nitrogens is 3. The van der Waals surface area contributed by atoms with Crippen LogP contribution in [0.4, 0.5) is 16.4 Å². The van der Waals surface area contributed by atoms with Crippen LogP contribution in [-0.2, 0) is 0 Å². The van der Waals surface area contributed by atoms with E-state index in [0.29, 0.717) is 19.0 Å². The summed E-state index contributed by atoms with van der Waals surface area (Å²) in [6, 6.07) is 9.79. The summed E-state index contributed by atoms with van der Waals surface area (Å²) in [5.74, 6) is 1.30. The molecule has 0 saturated carbocycles. The Hall–Kier alpha value is -3.29. The number of rotatable bonds is 3. The Morgan fingerprint density at radius 1 is 1.23 bits per heavy atom. The molecule has 1 saturated heterocycles. The average molecular weight is 352 g/mol. The van der Waals surface area contributed by atoms with Gasteiger partial charge in [0.1, 0.15) is 5.82 Å². The van der Waals surface area contributed by atoms with Crippen molar-refractivity contribution in [1.82, 2.24) is 19.4 Å². The second-order valence-electron chi connectivity index (χ2n) is 6.39. The van der Waals surface area contributed by atoms with Gasteiger partial charge in [0.25, 0.3) is 0 Å². The predicted octanol–water partition coefficient (Wildman–Crippen LogP) is 2.56. The molecule has 1 aliphatic heterocycles. The Kier molecular flexibility index (Phi) is 4.08. The molecule has 0 aliphatic carbocycles. The molecule has 1 amide bonds. The van der Waals surface area contributed by atoms with Gasteiger partial charge in [0.2, 0.25) is 5.95 Å². The number of hydrogen-bond donors (Lipinski definition) is 3. The molecule has 1 aromatic carbocycles. The topological polar surface area (TPSA) is 109 Å². The van der Waals surface area contributed by atoms with Crippen molar-refractivity contribution >= 4 is 28.6 Å². The van der Waals surface area contributed by atoms with Crippen molar-refractivity contribution in [3.8, 4) is 5.82 Å². The number of carboxylic acid groups (broad SMARTS) is 1. The van der Waals surface area contributed by atoms with Gasteiger partial charge in [-0.25, -0.2) is 9.78 Å². The highest BCUT2D eigenvalue weighted by Gasteiger charge is 2.22. The number of nitrogens with one attached hydrogen (secondary N) is 1. The Bertz CT molecular complexity index is 946. The molecule has 8 nitrogen and oxygen atoms in total. The molecule has 134 valence electrons. The second kappa shape index (κ2) is 6.55. The molecule has 8 heteroatoms. The third-order valence-electron chi connectivity index (χ3n) is 4.75. The Balaban J connectivity index is 1.54. The number of amides is 1. The number of fused-ring (bicyclic) bond motifs is 1. The van der Waals surface area contributed by atoms with Gasteiger partial charge >= 0.3 is 6.09 Å². The molecule has 0 spiro atoms. The van der Waals surface area contributed by atoms with Crippen LogP contribution >= 0.6 is 0 Å². The number of likely N-dealkylation sites (tertiary alicyclic amines) is 1. The van der Waals surface area contributed by atoms with Crippen molar-refractivity contribution in [2.75, 3.05) is 24.1 Å². The van der Waals surface area contributed by atoms with E-state index in [4.69, 9.17) is 10.8 Å². The number of hydrogen-bond acceptors (Lipinski definition) is 5. The number of nitrogens with two attached hydrogens (primary N) is 1. The Morgan fingerprint density at radius 2 is 2.04 bits per heavy atom. The van der Waals surface area contributed by atoms with E-state index in [2.05, 4.69) is 15.3 Å². The molecule has 4 rings (SSSR count). The summed E-state index contributed by atoms with van der Waals surface area (Å²) in [6.07, 6.45) is 4.28. The number of anilines is 2. The summed E-state index contributed by atoms with van der Waals surface area (Å²) < 4.78 is 1.98. The van der Waals surface area contributed by atoms with Crippen molar-refractivity contribution in [2.24, 2.45) is 0 Å². The number of nitrogen functional groups attached to an aromatic ring is 1. The molecule has 4 N–H and O–H groups in total.